The van der Waals surface area contributed by atoms with Crippen molar-refractivity contribution in [1.29, 1.82) is 0 Å². The molecule has 6 heteroatoms. The van der Waals surface area contributed by atoms with Gasteiger partial charge in [-0.1, -0.05) is 6.92 Å². The van der Waals surface area contributed by atoms with Crippen LogP contribution in [0.25, 0.3) is 11.2 Å². The number of hydrogen-bond acceptors (Lipinski definition) is 3. The van der Waals surface area contributed by atoms with Gasteiger partial charge in [-0.15, -0.1) is 11.6 Å². The molecule has 0 radical (unpaired) electrons. The van der Waals surface area contributed by atoms with E-state index in [-0.39, 0.29) is 6.04 Å². The first-order valence-electron chi connectivity index (χ1n) is 7.20. The molecular weight excluding hydrogens is 276 g/mol. The molecule has 2 heterocycles. The van der Waals surface area contributed by atoms with E-state index in [2.05, 4.69) is 23.5 Å². The molecule has 112 valence electrons. The first kappa shape index (κ1) is 15.3. The number of ether oxygens (including phenoxy) is 1. The monoisotopic (exact) mass is 298 g/mol. The van der Waals surface area contributed by atoms with Gasteiger partial charge in [-0.2, -0.15) is 5.10 Å². The largest absolute Gasteiger partial charge is 0.380 e. The van der Waals surface area contributed by atoms with Crippen LogP contribution in [0.15, 0.2) is 0 Å². The minimum Gasteiger partial charge on any atom is -0.380 e. The van der Waals surface area contributed by atoms with Gasteiger partial charge >= 0.3 is 0 Å². The zero-order valence-electron chi connectivity index (χ0n) is 12.7. The molecule has 0 aliphatic rings. The molecule has 20 heavy (non-hydrogen) atoms. The maximum absolute atomic E-state index is 5.92. The molecule has 0 bridgehead atoms. The molecule has 0 amide bonds. The van der Waals surface area contributed by atoms with Crippen molar-refractivity contribution < 1.29 is 4.74 Å². The van der Waals surface area contributed by atoms with Crippen molar-refractivity contribution in [3.05, 3.63) is 11.5 Å². The number of rotatable bonds is 7. The van der Waals surface area contributed by atoms with Crippen LogP contribution in [0.2, 0.25) is 0 Å². The van der Waals surface area contributed by atoms with Crippen LogP contribution in [0, 0.1) is 0 Å². The summed E-state index contributed by atoms with van der Waals surface area (Å²) in [6.07, 6.45) is 1.64. The molecule has 0 aliphatic heterocycles. The molecule has 0 aliphatic carbocycles. The van der Waals surface area contributed by atoms with E-state index in [1.54, 1.807) is 0 Å². The summed E-state index contributed by atoms with van der Waals surface area (Å²) in [6.45, 7) is 7.65. The summed E-state index contributed by atoms with van der Waals surface area (Å²) < 4.78 is 9.70. The number of alkyl halides is 1. The van der Waals surface area contributed by atoms with Crippen molar-refractivity contribution >= 4 is 22.8 Å². The minimum atomic E-state index is 0.221. The Morgan fingerprint density at radius 1 is 1.35 bits per heavy atom. The summed E-state index contributed by atoms with van der Waals surface area (Å²) in [6, 6.07) is 0.221. The average molecular weight is 299 g/mol. The quantitative estimate of drug-likeness (QED) is 0.738. The number of fused-ring (bicyclic) bond motifs is 1. The fourth-order valence-electron chi connectivity index (χ4n) is 2.57. The Morgan fingerprint density at radius 2 is 2.10 bits per heavy atom. The predicted molar refractivity (Wildman–Crippen MR) is 81.5 cm³/mol. The minimum absolute atomic E-state index is 0.221. The molecule has 2 aromatic heterocycles. The lowest BCUT2D eigenvalue weighted by atomic mass is 10.3. The second kappa shape index (κ2) is 6.59. The molecule has 0 saturated carbocycles. The predicted octanol–water partition coefficient (Wildman–Crippen LogP) is 2.71. The van der Waals surface area contributed by atoms with Gasteiger partial charge in [0.25, 0.3) is 0 Å². The van der Waals surface area contributed by atoms with Crippen LogP contribution in [0.3, 0.4) is 0 Å². The Balaban J connectivity index is 2.52. The number of halogens is 1. The van der Waals surface area contributed by atoms with Gasteiger partial charge in [0.1, 0.15) is 11.3 Å². The third-order valence-electron chi connectivity index (χ3n) is 3.47. The standard InChI is InChI=1S/C14H23ClN4O/c1-5-11-13-14(18(4)17-11)19(10(3)9-20-6-2)12(16-13)7-8-15/h10H,5-9H2,1-4H3. The van der Waals surface area contributed by atoms with Crippen molar-refractivity contribution in [3.63, 3.8) is 0 Å². The van der Waals surface area contributed by atoms with Crippen molar-refractivity contribution in [3.8, 4) is 0 Å². The molecule has 1 unspecified atom stereocenters. The summed E-state index contributed by atoms with van der Waals surface area (Å²) in [4.78, 5) is 4.76. The normalized spacial score (nSPS) is 13.2. The highest BCUT2D eigenvalue weighted by molar-refractivity contribution is 6.17. The van der Waals surface area contributed by atoms with Crippen molar-refractivity contribution in [2.45, 2.75) is 39.7 Å². The second-order valence-corrected chi connectivity index (χ2v) is 5.32. The Labute approximate surface area is 124 Å². The maximum atomic E-state index is 5.92. The van der Waals surface area contributed by atoms with Gasteiger partial charge in [0.05, 0.1) is 18.3 Å². The Hall–Kier alpha value is -1.07. The van der Waals surface area contributed by atoms with Crippen LogP contribution in [0.5, 0.6) is 0 Å². The van der Waals surface area contributed by atoms with Gasteiger partial charge in [0.15, 0.2) is 5.65 Å². The summed E-state index contributed by atoms with van der Waals surface area (Å²) in [7, 11) is 1.97. The zero-order valence-corrected chi connectivity index (χ0v) is 13.4. The van der Waals surface area contributed by atoms with E-state index in [0.717, 1.165) is 42.1 Å². The smallest absolute Gasteiger partial charge is 0.159 e. The molecule has 0 spiro atoms. The maximum Gasteiger partial charge on any atom is 0.159 e. The SMILES string of the molecule is CCOCC(C)n1c(CCCl)nc2c(CC)nn(C)c21. The average Bonchev–Trinajstić information content (AvgIpc) is 2.94. The fraction of sp³-hybridized carbons (Fsp3) is 0.714. The van der Waals surface area contributed by atoms with Gasteiger partial charge in [-0.05, 0) is 20.3 Å². The summed E-state index contributed by atoms with van der Waals surface area (Å²) in [5.41, 5.74) is 3.10. The van der Waals surface area contributed by atoms with Gasteiger partial charge in [-0.25, -0.2) is 4.98 Å². The first-order valence-corrected chi connectivity index (χ1v) is 7.73. The lowest BCUT2D eigenvalue weighted by molar-refractivity contribution is 0.119. The number of hydrogen-bond donors (Lipinski definition) is 0. The van der Waals surface area contributed by atoms with E-state index in [4.69, 9.17) is 21.3 Å². The van der Waals surface area contributed by atoms with Crippen molar-refractivity contribution in [2.75, 3.05) is 19.1 Å². The van der Waals surface area contributed by atoms with Gasteiger partial charge in [-0.3, -0.25) is 4.68 Å². The third-order valence-corrected chi connectivity index (χ3v) is 3.66. The highest BCUT2D eigenvalue weighted by Crippen LogP contribution is 2.24. The van der Waals surface area contributed by atoms with Crippen LogP contribution in [-0.2, 0) is 24.6 Å². The number of nitrogens with zero attached hydrogens (tertiary/aromatic N) is 4. The topological polar surface area (TPSA) is 44.9 Å². The second-order valence-electron chi connectivity index (χ2n) is 4.94. The molecular formula is C14H23ClN4O. The molecule has 0 saturated heterocycles. The number of imidazole rings is 1. The van der Waals surface area contributed by atoms with E-state index < -0.39 is 0 Å². The summed E-state index contributed by atoms with van der Waals surface area (Å²) in [5, 5.41) is 4.55. The van der Waals surface area contributed by atoms with Crippen LogP contribution in [0.1, 0.15) is 38.3 Å². The van der Waals surface area contributed by atoms with Crippen LogP contribution in [0.4, 0.5) is 0 Å². The number of aryl methyl sites for hydroxylation is 3. The third kappa shape index (κ3) is 2.69. The Kier molecular flexibility index (Phi) is 5.05. The van der Waals surface area contributed by atoms with Gasteiger partial charge in [0, 0.05) is 26.0 Å². The van der Waals surface area contributed by atoms with Gasteiger partial charge < -0.3 is 9.30 Å². The van der Waals surface area contributed by atoms with Crippen LogP contribution in [-0.4, -0.2) is 38.4 Å². The fourth-order valence-corrected chi connectivity index (χ4v) is 2.74. The van der Waals surface area contributed by atoms with E-state index in [9.17, 15) is 0 Å². The van der Waals surface area contributed by atoms with Crippen LogP contribution < -0.4 is 0 Å². The van der Waals surface area contributed by atoms with E-state index in [1.165, 1.54) is 0 Å². The summed E-state index contributed by atoms with van der Waals surface area (Å²) >= 11 is 5.92. The van der Waals surface area contributed by atoms with Gasteiger partial charge in [0.2, 0.25) is 0 Å². The molecule has 0 fully saturated rings. The Bertz CT molecular complexity index is 575. The highest BCUT2D eigenvalue weighted by Gasteiger charge is 2.21. The van der Waals surface area contributed by atoms with Crippen molar-refractivity contribution in [2.24, 2.45) is 7.05 Å². The lowest BCUT2D eigenvalue weighted by Crippen LogP contribution is -2.17. The highest BCUT2D eigenvalue weighted by atomic mass is 35.5. The lowest BCUT2D eigenvalue weighted by Gasteiger charge is -2.17. The zero-order chi connectivity index (χ0) is 14.7. The molecule has 2 rings (SSSR count). The Morgan fingerprint density at radius 3 is 2.70 bits per heavy atom. The van der Waals surface area contributed by atoms with E-state index >= 15 is 0 Å². The molecule has 0 aromatic carbocycles. The summed E-state index contributed by atoms with van der Waals surface area (Å²) in [5.74, 6) is 1.59. The first-order chi connectivity index (χ1) is 9.63. The molecule has 1 atom stereocenters. The molecule has 5 nitrogen and oxygen atoms in total. The number of aromatic nitrogens is 4. The van der Waals surface area contributed by atoms with E-state index in [1.807, 2.05) is 18.7 Å². The van der Waals surface area contributed by atoms with Crippen molar-refractivity contribution in [1.82, 2.24) is 19.3 Å². The van der Waals surface area contributed by atoms with E-state index in [0.29, 0.717) is 12.5 Å². The molecule has 0 N–H and O–H groups in total. The van der Waals surface area contributed by atoms with Crippen LogP contribution >= 0.6 is 11.6 Å². The molecule has 2 aromatic rings.